The number of nitrogens with zero attached hydrogens (tertiary/aromatic N) is 3. The highest BCUT2D eigenvalue weighted by Gasteiger charge is 2.16. The number of para-hydroxylation sites is 1. The molecular weight excluding hydrogens is 444 g/mol. The van der Waals surface area contributed by atoms with Gasteiger partial charge < -0.3 is 29.2 Å². The number of aliphatic hydroxyl groups excluding tert-OH is 1. The van der Waals surface area contributed by atoms with Gasteiger partial charge in [-0.25, -0.2) is 9.97 Å². The van der Waals surface area contributed by atoms with Crippen LogP contribution in [-0.2, 0) is 0 Å². The van der Waals surface area contributed by atoms with Crippen LogP contribution < -0.4 is 14.8 Å². The van der Waals surface area contributed by atoms with Crippen LogP contribution in [0.1, 0.15) is 13.8 Å². The smallest absolute Gasteiger partial charge is 0.163 e. The Bertz CT molecular complexity index is 1260. The third-order valence-corrected chi connectivity index (χ3v) is 5.83. The number of halogens is 1. The number of anilines is 2. The molecule has 2 N–H and O–H groups in total. The van der Waals surface area contributed by atoms with Crippen LogP contribution in [0.25, 0.3) is 21.9 Å². The number of hydrogen-bond acceptors (Lipinski definition) is 8. The summed E-state index contributed by atoms with van der Waals surface area (Å²) in [5.41, 5.74) is 2.04. The van der Waals surface area contributed by atoms with Gasteiger partial charge in [0.25, 0.3) is 0 Å². The molecule has 1 unspecified atom stereocenters. The minimum Gasteiger partial charge on any atom is -0.493 e. The van der Waals surface area contributed by atoms with Crippen molar-refractivity contribution in [3.63, 3.8) is 0 Å². The lowest BCUT2D eigenvalue weighted by Gasteiger charge is -2.24. The van der Waals surface area contributed by atoms with Crippen molar-refractivity contribution in [3.05, 3.63) is 47.9 Å². The molecule has 0 aliphatic heterocycles. The Labute approximate surface area is 197 Å². The van der Waals surface area contributed by atoms with E-state index in [1.807, 2.05) is 31.3 Å². The highest BCUT2D eigenvalue weighted by atomic mass is 35.5. The van der Waals surface area contributed by atoms with Crippen molar-refractivity contribution < 1.29 is 19.0 Å². The molecule has 0 saturated carbocycles. The van der Waals surface area contributed by atoms with E-state index in [9.17, 15) is 5.11 Å². The van der Waals surface area contributed by atoms with Gasteiger partial charge in [-0.3, -0.25) is 0 Å². The van der Waals surface area contributed by atoms with Crippen LogP contribution >= 0.6 is 11.6 Å². The number of benzene rings is 2. The van der Waals surface area contributed by atoms with E-state index in [0.29, 0.717) is 46.0 Å². The average Bonchev–Trinajstić information content (AvgIpc) is 3.19. The molecule has 9 heteroatoms. The first kappa shape index (κ1) is 23.1. The molecule has 0 spiro atoms. The average molecular weight is 471 g/mol. The molecule has 0 radical (unpaired) electrons. The molecule has 0 bridgehead atoms. The van der Waals surface area contributed by atoms with Crippen molar-refractivity contribution in [1.29, 1.82) is 0 Å². The van der Waals surface area contributed by atoms with Crippen LogP contribution in [-0.4, -0.2) is 59.4 Å². The first-order valence-corrected chi connectivity index (χ1v) is 11.0. The van der Waals surface area contributed by atoms with Gasteiger partial charge in [0.1, 0.15) is 31.1 Å². The van der Waals surface area contributed by atoms with E-state index in [2.05, 4.69) is 34.0 Å². The standard InChI is InChI=1S/C24H27ClN4O4/c1-14(2)29(3)10-15(30)11-32-22-9-20-17(8-21(22)31-4)24(27-13-26-20)28-19-7-5-6-16-18(25)12-33-23(16)19/h5-9,12-15,30H,10-11H2,1-4H3,(H,26,27,28). The monoisotopic (exact) mass is 470 g/mol. The largest absolute Gasteiger partial charge is 0.493 e. The summed E-state index contributed by atoms with van der Waals surface area (Å²) in [6, 6.07) is 9.61. The molecule has 0 amide bonds. The van der Waals surface area contributed by atoms with E-state index in [-0.39, 0.29) is 6.61 Å². The number of methoxy groups -OCH3 is 1. The normalized spacial score (nSPS) is 12.6. The third-order valence-electron chi connectivity index (χ3n) is 5.54. The summed E-state index contributed by atoms with van der Waals surface area (Å²) in [6.45, 7) is 4.79. The van der Waals surface area contributed by atoms with Gasteiger partial charge in [0.15, 0.2) is 17.1 Å². The van der Waals surface area contributed by atoms with Gasteiger partial charge in [0.05, 0.1) is 23.3 Å². The van der Waals surface area contributed by atoms with E-state index >= 15 is 0 Å². The first-order chi connectivity index (χ1) is 15.9. The Morgan fingerprint density at radius 2 is 2.00 bits per heavy atom. The molecular formula is C24H27ClN4O4. The maximum atomic E-state index is 10.3. The molecule has 4 rings (SSSR count). The van der Waals surface area contributed by atoms with E-state index < -0.39 is 6.10 Å². The van der Waals surface area contributed by atoms with Gasteiger partial charge in [-0.1, -0.05) is 17.7 Å². The van der Waals surface area contributed by atoms with Gasteiger partial charge in [-0.2, -0.15) is 0 Å². The molecule has 2 heterocycles. The third kappa shape index (κ3) is 4.98. The molecule has 0 aliphatic rings. The van der Waals surface area contributed by atoms with E-state index in [1.54, 1.807) is 13.2 Å². The fraction of sp³-hybridized carbons (Fsp3) is 0.333. The van der Waals surface area contributed by atoms with Crippen LogP contribution in [0.2, 0.25) is 5.02 Å². The topological polar surface area (TPSA) is 92.9 Å². The summed E-state index contributed by atoms with van der Waals surface area (Å²) in [4.78, 5) is 10.8. The summed E-state index contributed by atoms with van der Waals surface area (Å²) in [5, 5.41) is 15.8. The quantitative estimate of drug-likeness (QED) is 0.358. The molecule has 0 saturated heterocycles. The summed E-state index contributed by atoms with van der Waals surface area (Å²) in [7, 11) is 3.53. The SMILES string of the molecule is COc1cc2c(Nc3cccc4c(Cl)coc34)ncnc2cc1OCC(O)CN(C)C(C)C. The Kier molecular flexibility index (Phi) is 6.88. The predicted molar refractivity (Wildman–Crippen MR) is 130 cm³/mol. The van der Waals surface area contributed by atoms with Crippen LogP contribution in [0.4, 0.5) is 11.5 Å². The second kappa shape index (κ2) is 9.82. The van der Waals surface area contributed by atoms with Crippen molar-refractivity contribution in [2.24, 2.45) is 0 Å². The molecule has 1 atom stereocenters. The molecule has 174 valence electrons. The molecule has 0 fully saturated rings. The van der Waals surface area contributed by atoms with E-state index in [1.165, 1.54) is 12.6 Å². The molecule has 4 aromatic rings. The zero-order valence-electron chi connectivity index (χ0n) is 19.0. The number of hydrogen-bond donors (Lipinski definition) is 2. The fourth-order valence-electron chi connectivity index (χ4n) is 3.47. The van der Waals surface area contributed by atoms with Crippen LogP contribution in [0.5, 0.6) is 11.5 Å². The van der Waals surface area contributed by atoms with Gasteiger partial charge in [-0.15, -0.1) is 0 Å². The second-order valence-corrected chi connectivity index (χ2v) is 8.54. The zero-order chi connectivity index (χ0) is 23.5. The maximum absolute atomic E-state index is 10.3. The molecule has 2 aromatic carbocycles. The Balaban J connectivity index is 1.60. The summed E-state index contributed by atoms with van der Waals surface area (Å²) in [5.74, 6) is 1.60. The highest BCUT2D eigenvalue weighted by molar-refractivity contribution is 6.35. The number of aromatic nitrogens is 2. The Morgan fingerprint density at radius 3 is 2.76 bits per heavy atom. The van der Waals surface area contributed by atoms with Crippen molar-refractivity contribution in [2.75, 3.05) is 32.6 Å². The van der Waals surface area contributed by atoms with E-state index in [4.69, 9.17) is 25.5 Å². The molecule has 0 aliphatic carbocycles. The van der Waals surface area contributed by atoms with Crippen molar-refractivity contribution in [3.8, 4) is 11.5 Å². The predicted octanol–water partition coefficient (Wildman–Crippen LogP) is 4.86. The van der Waals surface area contributed by atoms with Gasteiger partial charge in [-0.05, 0) is 39.1 Å². The van der Waals surface area contributed by atoms with Gasteiger partial charge >= 0.3 is 0 Å². The number of rotatable bonds is 9. The van der Waals surface area contributed by atoms with Crippen molar-refractivity contribution in [2.45, 2.75) is 26.0 Å². The second-order valence-electron chi connectivity index (χ2n) is 8.13. The lowest BCUT2D eigenvalue weighted by atomic mass is 10.2. The van der Waals surface area contributed by atoms with E-state index in [0.717, 1.165) is 16.5 Å². The minimum absolute atomic E-state index is 0.135. The summed E-state index contributed by atoms with van der Waals surface area (Å²) >= 11 is 6.20. The number of likely N-dealkylation sites (N-methyl/N-ethyl adjacent to an activating group) is 1. The Morgan fingerprint density at radius 1 is 1.18 bits per heavy atom. The molecule has 8 nitrogen and oxygen atoms in total. The van der Waals surface area contributed by atoms with Crippen molar-refractivity contribution in [1.82, 2.24) is 14.9 Å². The minimum atomic E-state index is -0.638. The number of fused-ring (bicyclic) bond motifs is 2. The number of nitrogens with one attached hydrogen (secondary N) is 1. The number of aliphatic hydroxyl groups is 1. The van der Waals surface area contributed by atoms with Crippen LogP contribution in [0.3, 0.4) is 0 Å². The summed E-state index contributed by atoms with van der Waals surface area (Å²) < 4.78 is 17.0. The zero-order valence-corrected chi connectivity index (χ0v) is 19.8. The lowest BCUT2D eigenvalue weighted by molar-refractivity contribution is 0.0669. The lowest BCUT2D eigenvalue weighted by Crippen LogP contribution is -2.36. The highest BCUT2D eigenvalue weighted by Crippen LogP contribution is 2.37. The van der Waals surface area contributed by atoms with Crippen molar-refractivity contribution >= 4 is 45.0 Å². The fourth-order valence-corrected chi connectivity index (χ4v) is 3.66. The van der Waals surface area contributed by atoms with Gasteiger partial charge in [0.2, 0.25) is 0 Å². The number of ether oxygens (including phenoxy) is 2. The first-order valence-electron chi connectivity index (χ1n) is 10.6. The van der Waals surface area contributed by atoms with Gasteiger partial charge in [0, 0.05) is 29.4 Å². The number of furan rings is 1. The molecule has 33 heavy (non-hydrogen) atoms. The maximum Gasteiger partial charge on any atom is 0.163 e. The Hall–Kier alpha value is -3.07. The summed E-state index contributed by atoms with van der Waals surface area (Å²) in [6.07, 6.45) is 2.35. The van der Waals surface area contributed by atoms with Crippen LogP contribution in [0, 0.1) is 0 Å². The van der Waals surface area contributed by atoms with Crippen LogP contribution in [0.15, 0.2) is 47.3 Å². The molecule has 2 aromatic heterocycles.